The summed E-state index contributed by atoms with van der Waals surface area (Å²) in [6.45, 7) is 0. The molecule has 2 aromatic carbocycles. The third-order valence-electron chi connectivity index (χ3n) is 2.95. The molecule has 0 spiro atoms. The average Bonchev–Trinajstić information content (AvgIpc) is 2.96. The number of halogens is 1. The molecule has 0 unspecified atom stereocenters. The maximum absolute atomic E-state index is 12.0. The van der Waals surface area contributed by atoms with Crippen LogP contribution < -0.4 is 5.32 Å². The van der Waals surface area contributed by atoms with E-state index in [-0.39, 0.29) is 12.3 Å². The summed E-state index contributed by atoms with van der Waals surface area (Å²) in [5, 5.41) is 12.7. The fraction of sp³-hybridized carbons (Fsp3) is 0.0625. The van der Waals surface area contributed by atoms with Gasteiger partial charge in [-0.15, -0.1) is 10.2 Å². The van der Waals surface area contributed by atoms with E-state index in [4.69, 9.17) is 11.6 Å². The average molecular weight is 330 g/mol. The molecule has 3 aromatic rings. The van der Waals surface area contributed by atoms with Crippen LogP contribution in [-0.2, 0) is 11.2 Å². The summed E-state index contributed by atoms with van der Waals surface area (Å²) in [6, 6.07) is 17.0. The molecule has 1 amide bonds. The Hall–Kier alpha value is -2.24. The number of carbonyl (C=O) groups is 1. The molecule has 0 atom stereocenters. The Labute approximate surface area is 136 Å². The van der Waals surface area contributed by atoms with Gasteiger partial charge in [-0.2, -0.15) is 0 Å². The monoisotopic (exact) mass is 329 g/mol. The Kier molecular flexibility index (Phi) is 4.46. The predicted molar refractivity (Wildman–Crippen MR) is 89.1 cm³/mol. The Bertz CT molecular complexity index is 789. The van der Waals surface area contributed by atoms with Gasteiger partial charge in [0.2, 0.25) is 11.0 Å². The Balaban J connectivity index is 1.66. The topological polar surface area (TPSA) is 54.9 Å². The van der Waals surface area contributed by atoms with Gasteiger partial charge in [-0.1, -0.05) is 65.4 Å². The van der Waals surface area contributed by atoms with E-state index in [1.807, 2.05) is 42.5 Å². The van der Waals surface area contributed by atoms with E-state index in [2.05, 4.69) is 15.5 Å². The number of nitrogens with zero attached hydrogens (tertiary/aromatic N) is 2. The maximum atomic E-state index is 12.0. The van der Waals surface area contributed by atoms with Gasteiger partial charge in [0.25, 0.3) is 0 Å². The Morgan fingerprint density at radius 2 is 1.91 bits per heavy atom. The highest BCUT2D eigenvalue weighted by atomic mass is 35.5. The van der Waals surface area contributed by atoms with Gasteiger partial charge in [-0.25, -0.2) is 0 Å². The smallest absolute Gasteiger partial charge is 0.230 e. The standard InChI is InChI=1S/C16H12ClN3OS/c17-13-8-4-5-11(9-13)10-14(21)18-16-20-19-15(22-16)12-6-2-1-3-7-12/h1-9H,10H2,(H,18,20,21). The number of anilines is 1. The minimum absolute atomic E-state index is 0.141. The summed E-state index contributed by atoms with van der Waals surface area (Å²) in [4.78, 5) is 12.0. The van der Waals surface area contributed by atoms with Crippen molar-refractivity contribution in [1.29, 1.82) is 0 Å². The number of carbonyl (C=O) groups excluding carboxylic acids is 1. The lowest BCUT2D eigenvalue weighted by Crippen LogP contribution is -2.14. The summed E-state index contributed by atoms with van der Waals surface area (Å²) in [7, 11) is 0. The lowest BCUT2D eigenvalue weighted by atomic mass is 10.1. The van der Waals surface area contributed by atoms with Crippen molar-refractivity contribution in [1.82, 2.24) is 10.2 Å². The minimum Gasteiger partial charge on any atom is -0.300 e. The second-order valence-corrected chi connectivity index (χ2v) is 6.05. The van der Waals surface area contributed by atoms with Crippen LogP contribution in [0.4, 0.5) is 5.13 Å². The summed E-state index contributed by atoms with van der Waals surface area (Å²) < 4.78 is 0. The zero-order valence-electron chi connectivity index (χ0n) is 11.5. The highest BCUT2D eigenvalue weighted by Crippen LogP contribution is 2.26. The number of hydrogen-bond acceptors (Lipinski definition) is 4. The summed E-state index contributed by atoms with van der Waals surface area (Å²) >= 11 is 7.26. The van der Waals surface area contributed by atoms with E-state index in [0.717, 1.165) is 16.1 Å². The van der Waals surface area contributed by atoms with Crippen LogP contribution in [0.2, 0.25) is 5.02 Å². The molecule has 4 nitrogen and oxygen atoms in total. The van der Waals surface area contributed by atoms with Gasteiger partial charge in [0, 0.05) is 10.6 Å². The van der Waals surface area contributed by atoms with Crippen molar-refractivity contribution in [2.24, 2.45) is 0 Å². The fourth-order valence-corrected chi connectivity index (χ4v) is 2.95. The Morgan fingerprint density at radius 1 is 1.09 bits per heavy atom. The van der Waals surface area contributed by atoms with Crippen molar-refractivity contribution in [2.45, 2.75) is 6.42 Å². The molecule has 0 radical (unpaired) electrons. The van der Waals surface area contributed by atoms with Gasteiger partial charge < -0.3 is 5.32 Å². The molecule has 0 aliphatic carbocycles. The number of amides is 1. The molecule has 1 aromatic heterocycles. The number of hydrogen-bond donors (Lipinski definition) is 1. The molecule has 1 heterocycles. The van der Waals surface area contributed by atoms with E-state index >= 15 is 0 Å². The first-order chi connectivity index (χ1) is 10.7. The van der Waals surface area contributed by atoms with Crippen LogP contribution in [0.25, 0.3) is 10.6 Å². The summed E-state index contributed by atoms with van der Waals surface area (Å²) in [6.07, 6.45) is 0.251. The van der Waals surface area contributed by atoms with Gasteiger partial charge in [-0.05, 0) is 17.7 Å². The highest BCUT2D eigenvalue weighted by molar-refractivity contribution is 7.18. The lowest BCUT2D eigenvalue weighted by Gasteiger charge is -2.01. The van der Waals surface area contributed by atoms with Crippen LogP contribution in [0.3, 0.4) is 0 Å². The molecule has 0 fully saturated rings. The van der Waals surface area contributed by atoms with Crippen molar-refractivity contribution in [3.63, 3.8) is 0 Å². The fourth-order valence-electron chi connectivity index (χ4n) is 1.97. The summed E-state index contributed by atoms with van der Waals surface area (Å²) in [5.74, 6) is -0.141. The van der Waals surface area contributed by atoms with Gasteiger partial charge in [0.05, 0.1) is 6.42 Å². The molecule has 110 valence electrons. The molecular formula is C16H12ClN3OS. The number of benzene rings is 2. The van der Waals surface area contributed by atoms with Gasteiger partial charge in [0.15, 0.2) is 0 Å². The van der Waals surface area contributed by atoms with E-state index < -0.39 is 0 Å². The van der Waals surface area contributed by atoms with E-state index in [1.54, 1.807) is 12.1 Å². The number of aromatic nitrogens is 2. The quantitative estimate of drug-likeness (QED) is 0.786. The van der Waals surface area contributed by atoms with Crippen LogP contribution in [0.5, 0.6) is 0 Å². The third kappa shape index (κ3) is 3.69. The molecule has 6 heteroatoms. The van der Waals surface area contributed by atoms with Gasteiger partial charge in [-0.3, -0.25) is 4.79 Å². The highest BCUT2D eigenvalue weighted by Gasteiger charge is 2.10. The number of rotatable bonds is 4. The molecule has 0 saturated carbocycles. The van der Waals surface area contributed by atoms with Crippen LogP contribution >= 0.6 is 22.9 Å². The van der Waals surface area contributed by atoms with Crippen LogP contribution in [0, 0.1) is 0 Å². The second kappa shape index (κ2) is 6.68. The van der Waals surface area contributed by atoms with Crippen molar-refractivity contribution >= 4 is 34.0 Å². The first-order valence-corrected chi connectivity index (χ1v) is 7.83. The maximum Gasteiger partial charge on any atom is 0.230 e. The number of nitrogens with one attached hydrogen (secondary N) is 1. The first-order valence-electron chi connectivity index (χ1n) is 6.64. The first kappa shape index (κ1) is 14.7. The molecule has 3 rings (SSSR count). The Morgan fingerprint density at radius 3 is 2.68 bits per heavy atom. The SMILES string of the molecule is O=C(Cc1cccc(Cl)c1)Nc1nnc(-c2ccccc2)s1. The normalized spacial score (nSPS) is 10.4. The van der Waals surface area contributed by atoms with Crippen LogP contribution in [-0.4, -0.2) is 16.1 Å². The zero-order valence-corrected chi connectivity index (χ0v) is 13.1. The third-order valence-corrected chi connectivity index (χ3v) is 4.07. The minimum atomic E-state index is -0.141. The largest absolute Gasteiger partial charge is 0.300 e. The molecule has 0 bridgehead atoms. The van der Waals surface area contributed by atoms with Gasteiger partial charge in [0.1, 0.15) is 5.01 Å². The van der Waals surface area contributed by atoms with Crippen molar-refractivity contribution in [2.75, 3.05) is 5.32 Å². The van der Waals surface area contributed by atoms with Gasteiger partial charge >= 0.3 is 0 Å². The second-order valence-electron chi connectivity index (χ2n) is 4.63. The summed E-state index contributed by atoms with van der Waals surface area (Å²) in [5.41, 5.74) is 1.84. The van der Waals surface area contributed by atoms with Crippen molar-refractivity contribution in [3.8, 4) is 10.6 Å². The van der Waals surface area contributed by atoms with Crippen molar-refractivity contribution in [3.05, 3.63) is 65.2 Å². The molecule has 1 N–H and O–H groups in total. The van der Waals surface area contributed by atoms with Crippen LogP contribution in [0.1, 0.15) is 5.56 Å². The zero-order chi connectivity index (χ0) is 15.4. The molecule has 0 aliphatic heterocycles. The molecular weight excluding hydrogens is 318 g/mol. The van der Waals surface area contributed by atoms with Crippen molar-refractivity contribution < 1.29 is 4.79 Å². The van der Waals surface area contributed by atoms with E-state index in [1.165, 1.54) is 11.3 Å². The predicted octanol–water partition coefficient (Wildman–Crippen LogP) is 4.04. The van der Waals surface area contributed by atoms with Crippen LogP contribution in [0.15, 0.2) is 54.6 Å². The molecule has 0 aliphatic rings. The van der Waals surface area contributed by atoms with E-state index in [0.29, 0.717) is 10.2 Å². The lowest BCUT2D eigenvalue weighted by molar-refractivity contribution is -0.115. The molecule has 22 heavy (non-hydrogen) atoms. The van der Waals surface area contributed by atoms with E-state index in [9.17, 15) is 4.79 Å². The molecule has 0 saturated heterocycles.